The van der Waals surface area contributed by atoms with Gasteiger partial charge in [-0.1, -0.05) is 12.8 Å². The summed E-state index contributed by atoms with van der Waals surface area (Å²) >= 11 is 0. The van der Waals surface area contributed by atoms with E-state index in [9.17, 15) is 10.1 Å². The second kappa shape index (κ2) is 8.25. The van der Waals surface area contributed by atoms with Crippen LogP contribution in [0, 0.1) is 10.1 Å². The summed E-state index contributed by atoms with van der Waals surface area (Å²) in [6.07, 6.45) is 3.63. The molecule has 3 N–H and O–H groups in total. The maximum Gasteiger partial charge on any atom is 0.311 e. The van der Waals surface area contributed by atoms with E-state index < -0.39 is 4.92 Å². The molecule has 0 saturated heterocycles. The van der Waals surface area contributed by atoms with Crippen molar-refractivity contribution in [2.75, 3.05) is 30.8 Å². The van der Waals surface area contributed by atoms with Crippen molar-refractivity contribution in [3.05, 3.63) is 22.2 Å². The van der Waals surface area contributed by atoms with Crippen LogP contribution in [0.2, 0.25) is 0 Å². The smallest absolute Gasteiger partial charge is 0.311 e. The lowest BCUT2D eigenvalue weighted by Gasteiger charge is -2.07. The maximum absolute atomic E-state index is 10.9. The van der Waals surface area contributed by atoms with Crippen LogP contribution in [0.5, 0.6) is 0 Å². The molecule has 0 aliphatic heterocycles. The van der Waals surface area contributed by atoms with Gasteiger partial charge in [0.2, 0.25) is 5.82 Å². The summed E-state index contributed by atoms with van der Waals surface area (Å²) in [7, 11) is 1.72. The van der Waals surface area contributed by atoms with Crippen molar-refractivity contribution >= 4 is 17.3 Å². The van der Waals surface area contributed by atoms with Crippen LogP contribution in [0.3, 0.4) is 0 Å². The van der Waals surface area contributed by atoms with Crippen LogP contribution < -0.4 is 10.6 Å². The van der Waals surface area contributed by atoms with Gasteiger partial charge < -0.3 is 15.7 Å². The number of aromatic nitrogens is 1. The fourth-order valence-electron chi connectivity index (χ4n) is 1.67. The number of pyridine rings is 1. The lowest BCUT2D eigenvalue weighted by molar-refractivity contribution is -0.384. The van der Waals surface area contributed by atoms with Gasteiger partial charge in [0.1, 0.15) is 5.82 Å². The van der Waals surface area contributed by atoms with Crippen molar-refractivity contribution < 1.29 is 10.0 Å². The van der Waals surface area contributed by atoms with Crippen LogP contribution in [-0.2, 0) is 0 Å². The normalized spacial score (nSPS) is 10.2. The zero-order valence-corrected chi connectivity index (χ0v) is 11.1. The summed E-state index contributed by atoms with van der Waals surface area (Å²) < 4.78 is 0. The zero-order chi connectivity index (χ0) is 14.1. The molecular weight excluding hydrogens is 248 g/mol. The molecule has 1 heterocycles. The van der Waals surface area contributed by atoms with Crippen LogP contribution in [0.1, 0.15) is 25.7 Å². The van der Waals surface area contributed by atoms with Crippen LogP contribution in [0.4, 0.5) is 17.3 Å². The minimum absolute atomic E-state index is 0.0191. The standard InChI is InChI=1S/C12H20N4O3/c1-13-11-7-6-10(16(18)19)12(15-11)14-8-4-2-3-5-9-17/h6-7,17H,2-5,8-9H2,1H3,(H2,13,14,15). The highest BCUT2D eigenvalue weighted by Gasteiger charge is 2.15. The number of nitro groups is 1. The average molecular weight is 268 g/mol. The Bertz CT molecular complexity index is 412. The third kappa shape index (κ3) is 5.09. The number of aliphatic hydroxyl groups excluding tert-OH is 1. The summed E-state index contributed by atoms with van der Waals surface area (Å²) in [6, 6.07) is 3.01. The van der Waals surface area contributed by atoms with Gasteiger partial charge in [-0.15, -0.1) is 0 Å². The first-order valence-electron chi connectivity index (χ1n) is 6.37. The molecule has 0 unspecified atom stereocenters. The molecular formula is C12H20N4O3. The first-order valence-corrected chi connectivity index (χ1v) is 6.37. The van der Waals surface area contributed by atoms with Gasteiger partial charge in [-0.05, 0) is 18.9 Å². The SMILES string of the molecule is CNc1ccc([N+](=O)[O-])c(NCCCCCCO)n1. The highest BCUT2D eigenvalue weighted by Crippen LogP contribution is 2.23. The Labute approximate surface area is 112 Å². The van der Waals surface area contributed by atoms with Gasteiger partial charge in [-0.2, -0.15) is 0 Å². The highest BCUT2D eigenvalue weighted by atomic mass is 16.6. The lowest BCUT2D eigenvalue weighted by Crippen LogP contribution is -2.07. The summed E-state index contributed by atoms with van der Waals surface area (Å²) in [4.78, 5) is 14.6. The van der Waals surface area contributed by atoms with Gasteiger partial charge in [-0.25, -0.2) is 4.98 Å². The molecule has 1 aromatic rings. The van der Waals surface area contributed by atoms with Gasteiger partial charge in [-0.3, -0.25) is 10.1 Å². The Kier molecular flexibility index (Phi) is 6.59. The van der Waals surface area contributed by atoms with Gasteiger partial charge in [0.05, 0.1) is 4.92 Å². The number of aliphatic hydroxyl groups is 1. The summed E-state index contributed by atoms with van der Waals surface area (Å²) in [5, 5.41) is 25.4. The number of unbranched alkanes of at least 4 members (excludes halogenated alkanes) is 3. The van der Waals surface area contributed by atoms with E-state index in [-0.39, 0.29) is 12.3 Å². The van der Waals surface area contributed by atoms with E-state index in [4.69, 9.17) is 5.11 Å². The molecule has 0 radical (unpaired) electrons. The van der Waals surface area contributed by atoms with Gasteiger partial charge in [0.25, 0.3) is 0 Å². The van der Waals surface area contributed by atoms with E-state index in [1.54, 1.807) is 13.1 Å². The fourth-order valence-corrected chi connectivity index (χ4v) is 1.67. The number of nitrogens with zero attached hydrogens (tertiary/aromatic N) is 2. The lowest BCUT2D eigenvalue weighted by atomic mass is 10.2. The molecule has 0 fully saturated rings. The molecule has 7 heteroatoms. The monoisotopic (exact) mass is 268 g/mol. The van der Waals surface area contributed by atoms with Gasteiger partial charge >= 0.3 is 5.69 Å². The molecule has 106 valence electrons. The Morgan fingerprint density at radius 2 is 2.05 bits per heavy atom. The largest absolute Gasteiger partial charge is 0.396 e. The topological polar surface area (TPSA) is 100 Å². The molecule has 7 nitrogen and oxygen atoms in total. The number of nitrogens with one attached hydrogen (secondary N) is 2. The molecule has 0 saturated carbocycles. The van der Waals surface area contributed by atoms with E-state index in [1.165, 1.54) is 6.07 Å². The summed E-state index contributed by atoms with van der Waals surface area (Å²) in [5.41, 5.74) is -0.0191. The van der Waals surface area contributed by atoms with E-state index in [1.807, 2.05) is 0 Å². The Hall–Kier alpha value is -1.89. The van der Waals surface area contributed by atoms with Crippen LogP contribution >= 0.6 is 0 Å². The zero-order valence-electron chi connectivity index (χ0n) is 11.1. The van der Waals surface area contributed by atoms with Gasteiger partial charge in [0, 0.05) is 26.3 Å². The summed E-state index contributed by atoms with van der Waals surface area (Å²) in [5.74, 6) is 0.882. The molecule has 1 rings (SSSR count). The van der Waals surface area contributed by atoms with Crippen molar-refractivity contribution in [3.8, 4) is 0 Å². The molecule has 1 aromatic heterocycles. The molecule has 0 bridgehead atoms. The Morgan fingerprint density at radius 1 is 1.32 bits per heavy atom. The second-order valence-electron chi connectivity index (χ2n) is 4.14. The van der Waals surface area contributed by atoms with Crippen molar-refractivity contribution in [1.82, 2.24) is 4.98 Å². The van der Waals surface area contributed by atoms with E-state index in [0.29, 0.717) is 18.2 Å². The number of hydrogen-bond acceptors (Lipinski definition) is 6. The van der Waals surface area contributed by atoms with E-state index in [0.717, 1.165) is 25.7 Å². The number of anilines is 2. The van der Waals surface area contributed by atoms with Crippen LogP contribution in [0.15, 0.2) is 12.1 Å². The molecule has 19 heavy (non-hydrogen) atoms. The second-order valence-corrected chi connectivity index (χ2v) is 4.14. The van der Waals surface area contributed by atoms with Crippen molar-refractivity contribution in [3.63, 3.8) is 0 Å². The molecule has 0 atom stereocenters. The van der Waals surface area contributed by atoms with Crippen LogP contribution in [0.25, 0.3) is 0 Å². The van der Waals surface area contributed by atoms with Crippen molar-refractivity contribution in [2.45, 2.75) is 25.7 Å². The predicted molar refractivity (Wildman–Crippen MR) is 74.5 cm³/mol. The molecule has 0 spiro atoms. The van der Waals surface area contributed by atoms with Crippen molar-refractivity contribution in [1.29, 1.82) is 0 Å². The molecule has 0 aliphatic rings. The first-order chi connectivity index (χ1) is 9.19. The summed E-state index contributed by atoms with van der Waals surface area (Å²) in [6.45, 7) is 0.844. The molecule has 0 aromatic carbocycles. The third-order valence-corrected chi connectivity index (χ3v) is 2.70. The number of rotatable bonds is 9. The quantitative estimate of drug-likeness (QED) is 0.360. The van der Waals surface area contributed by atoms with E-state index >= 15 is 0 Å². The average Bonchev–Trinajstić information content (AvgIpc) is 2.42. The highest BCUT2D eigenvalue weighted by molar-refractivity contribution is 5.60. The minimum atomic E-state index is -0.444. The van der Waals surface area contributed by atoms with Gasteiger partial charge in [0.15, 0.2) is 0 Å². The predicted octanol–water partition coefficient (Wildman–Crippen LogP) is 2.00. The Balaban J connectivity index is 2.52. The van der Waals surface area contributed by atoms with E-state index in [2.05, 4.69) is 15.6 Å². The first kappa shape index (κ1) is 15.2. The van der Waals surface area contributed by atoms with Crippen LogP contribution in [-0.4, -0.2) is 35.2 Å². The fraction of sp³-hybridized carbons (Fsp3) is 0.583. The third-order valence-electron chi connectivity index (χ3n) is 2.70. The Morgan fingerprint density at radius 3 is 2.68 bits per heavy atom. The molecule has 0 aliphatic carbocycles. The minimum Gasteiger partial charge on any atom is -0.396 e. The molecule has 0 amide bonds. The maximum atomic E-state index is 10.9. The van der Waals surface area contributed by atoms with Crippen molar-refractivity contribution in [2.24, 2.45) is 0 Å². The number of hydrogen-bond donors (Lipinski definition) is 3.